The van der Waals surface area contributed by atoms with Crippen molar-refractivity contribution in [1.82, 2.24) is 20.6 Å². The van der Waals surface area contributed by atoms with Gasteiger partial charge in [0.25, 0.3) is 0 Å². The smallest absolute Gasteiger partial charge is 0.306 e. The van der Waals surface area contributed by atoms with Crippen molar-refractivity contribution in [2.75, 3.05) is 39.5 Å². The summed E-state index contributed by atoms with van der Waals surface area (Å²) in [5, 5.41) is 24.3. The second-order valence-corrected chi connectivity index (χ2v) is 13.5. The van der Waals surface area contributed by atoms with E-state index in [1.165, 1.54) is 64.1 Å². The molecule has 0 fully saturated rings. The summed E-state index contributed by atoms with van der Waals surface area (Å²) in [6.07, 6.45) is 22.2. The average Bonchev–Trinajstić information content (AvgIpc) is 3.61. The minimum absolute atomic E-state index is 0.0663. The van der Waals surface area contributed by atoms with Crippen molar-refractivity contribution < 1.29 is 38.9 Å². The lowest BCUT2D eigenvalue weighted by atomic mass is 9.92. The van der Waals surface area contributed by atoms with Gasteiger partial charge >= 0.3 is 11.9 Å². The first-order valence-electron chi connectivity index (χ1n) is 19.2. The Kier molecular flexibility index (Phi) is 28.2. The largest absolute Gasteiger partial charge is 0.481 e. The number of ketones is 1. The minimum Gasteiger partial charge on any atom is -0.481 e. The van der Waals surface area contributed by atoms with E-state index in [0.29, 0.717) is 71.6 Å². The number of Topliss-reactive ketones (excluding diaryl/α,β-unsaturated/α-hetero) is 1. The molecule has 13 heteroatoms. The number of nitrogens with one attached hydrogen (secondary N) is 3. The van der Waals surface area contributed by atoms with Crippen LogP contribution >= 0.6 is 0 Å². The Morgan fingerprint density at radius 1 is 0.765 bits per heavy atom. The molecule has 0 radical (unpaired) electrons. The zero-order valence-corrected chi connectivity index (χ0v) is 31.0. The van der Waals surface area contributed by atoms with E-state index in [1.807, 2.05) is 0 Å². The molecule has 13 nitrogen and oxygen atoms in total. The number of aliphatic carboxylic acids is 2. The number of rotatable bonds is 37. The molecule has 1 heterocycles. The van der Waals surface area contributed by atoms with Gasteiger partial charge in [-0.25, -0.2) is 4.98 Å². The number of aromatic nitrogens is 2. The third-order valence-corrected chi connectivity index (χ3v) is 8.82. The molecule has 0 spiro atoms. The molecule has 0 aliphatic carbocycles. The Balaban J connectivity index is 1.86. The Bertz CT molecular complexity index is 1070. The van der Waals surface area contributed by atoms with Crippen LogP contribution in [0.25, 0.3) is 0 Å². The molecule has 0 saturated carbocycles. The molecule has 0 aromatic carbocycles. The van der Waals surface area contributed by atoms with Gasteiger partial charge < -0.3 is 41.0 Å². The van der Waals surface area contributed by atoms with Gasteiger partial charge in [-0.3, -0.25) is 19.2 Å². The third kappa shape index (κ3) is 28.0. The minimum atomic E-state index is -0.986. The van der Waals surface area contributed by atoms with Crippen LogP contribution in [0.4, 0.5) is 0 Å². The maximum absolute atomic E-state index is 12.4. The van der Waals surface area contributed by atoms with Crippen LogP contribution in [0.3, 0.4) is 0 Å². The van der Waals surface area contributed by atoms with E-state index in [1.54, 1.807) is 6.20 Å². The first-order valence-corrected chi connectivity index (χ1v) is 19.2. The molecule has 0 bridgehead atoms. The monoisotopic (exact) mass is 721 g/mol. The highest BCUT2D eigenvalue weighted by atomic mass is 16.5. The van der Waals surface area contributed by atoms with E-state index in [-0.39, 0.29) is 18.1 Å². The summed E-state index contributed by atoms with van der Waals surface area (Å²) in [5.74, 6) is -2.64. The lowest BCUT2D eigenvalue weighted by molar-refractivity contribution is -0.144. The highest BCUT2D eigenvalue weighted by Crippen LogP contribution is 2.16. The normalized spacial score (nSPS) is 12.3. The maximum atomic E-state index is 12.4. The average molecular weight is 722 g/mol. The molecule has 7 N–H and O–H groups in total. The number of H-pyrrole nitrogens is 1. The molecule has 1 amide bonds. The SMILES string of the molecule is C=C(COCCOCCNC(=O)CCCCCCCCCCCCCCCCC(=O)O)NCCCC[C@H](CC(=O)[C@@H](N)Cc1cnc[nH]1)C(=O)O. The molecule has 51 heavy (non-hydrogen) atoms. The number of amides is 1. The van der Waals surface area contributed by atoms with Crippen LogP contribution in [-0.2, 0) is 35.1 Å². The number of carboxylic acids is 2. The number of hydrogen-bond acceptors (Lipinski definition) is 9. The fourth-order valence-corrected chi connectivity index (χ4v) is 5.74. The summed E-state index contributed by atoms with van der Waals surface area (Å²) >= 11 is 0. The summed E-state index contributed by atoms with van der Waals surface area (Å²) in [4.78, 5) is 53.4. The Morgan fingerprint density at radius 3 is 1.92 bits per heavy atom. The number of carbonyl (C=O) groups is 4. The molecule has 0 unspecified atom stereocenters. The summed E-state index contributed by atoms with van der Waals surface area (Å²) in [6, 6.07) is -0.760. The zero-order valence-electron chi connectivity index (χ0n) is 31.0. The summed E-state index contributed by atoms with van der Waals surface area (Å²) in [6.45, 7) is 6.64. The second kappa shape index (κ2) is 31.4. The van der Waals surface area contributed by atoms with Crippen LogP contribution < -0.4 is 16.4 Å². The number of hydrogen-bond donors (Lipinski definition) is 6. The fourth-order valence-electron chi connectivity index (χ4n) is 5.74. The summed E-state index contributed by atoms with van der Waals surface area (Å²) in [7, 11) is 0. The number of aromatic amines is 1. The molecule has 1 rings (SSSR count). The zero-order chi connectivity index (χ0) is 37.4. The molecular formula is C38H67N5O8. The lowest BCUT2D eigenvalue weighted by Crippen LogP contribution is -2.35. The first-order chi connectivity index (χ1) is 24.7. The van der Waals surface area contributed by atoms with Gasteiger partial charge in [-0.1, -0.05) is 90.0 Å². The Hall–Kier alpha value is -3.29. The van der Waals surface area contributed by atoms with Crippen molar-refractivity contribution in [3.8, 4) is 0 Å². The van der Waals surface area contributed by atoms with E-state index in [9.17, 15) is 24.3 Å². The fraction of sp³-hybridized carbons (Fsp3) is 0.763. The van der Waals surface area contributed by atoms with Crippen LogP contribution in [0.5, 0.6) is 0 Å². The molecule has 0 saturated heterocycles. The number of unbranched alkanes of at least 4 members (excludes halogenated alkanes) is 14. The third-order valence-electron chi connectivity index (χ3n) is 8.82. The van der Waals surface area contributed by atoms with Gasteiger partial charge in [0, 0.05) is 56.4 Å². The highest BCUT2D eigenvalue weighted by Gasteiger charge is 2.24. The maximum Gasteiger partial charge on any atom is 0.306 e. The number of nitrogens with two attached hydrogens (primary N) is 1. The van der Waals surface area contributed by atoms with Crippen molar-refractivity contribution in [2.24, 2.45) is 11.7 Å². The number of carbonyl (C=O) groups excluding carboxylic acids is 2. The van der Waals surface area contributed by atoms with Crippen molar-refractivity contribution in [3.63, 3.8) is 0 Å². The van der Waals surface area contributed by atoms with Gasteiger partial charge in [-0.2, -0.15) is 0 Å². The molecular weight excluding hydrogens is 654 g/mol. The molecule has 2 atom stereocenters. The Morgan fingerprint density at radius 2 is 1.35 bits per heavy atom. The van der Waals surface area contributed by atoms with Crippen molar-refractivity contribution in [1.29, 1.82) is 0 Å². The lowest BCUT2D eigenvalue weighted by Gasteiger charge is -2.15. The van der Waals surface area contributed by atoms with Gasteiger partial charge in [0.1, 0.15) is 0 Å². The number of ether oxygens (including phenoxy) is 2. The van der Waals surface area contributed by atoms with Gasteiger partial charge in [0.2, 0.25) is 5.91 Å². The number of nitrogens with zero attached hydrogens (tertiary/aromatic N) is 1. The Labute approximate surface area is 305 Å². The predicted octanol–water partition coefficient (Wildman–Crippen LogP) is 5.69. The quantitative estimate of drug-likeness (QED) is 0.0461. The second-order valence-electron chi connectivity index (χ2n) is 13.5. The molecule has 0 aliphatic rings. The van der Waals surface area contributed by atoms with E-state index >= 15 is 0 Å². The van der Waals surface area contributed by atoms with Crippen LogP contribution in [-0.4, -0.2) is 89.4 Å². The van der Waals surface area contributed by atoms with Crippen LogP contribution in [0.1, 0.15) is 134 Å². The van der Waals surface area contributed by atoms with Crippen molar-refractivity contribution in [2.45, 2.75) is 141 Å². The van der Waals surface area contributed by atoms with Crippen molar-refractivity contribution >= 4 is 23.6 Å². The standard InChI is InChI=1S/C38H67N5O8/c1-31(41-21-17-16-18-32(38(48)49)26-35(44)34(39)27-33-28-40-30-43-33)29-51-25-24-50-23-22-42-36(45)19-14-12-10-8-6-4-2-3-5-7-9-11-13-15-20-37(46)47/h28,30,32,34,41H,1-27,29,39H2,(H,40,43)(H,42,45)(H,46,47)(H,48,49)/t32-,34+/m1/s1. The van der Waals surface area contributed by atoms with Crippen molar-refractivity contribution in [3.05, 3.63) is 30.5 Å². The molecule has 1 aromatic rings. The van der Waals surface area contributed by atoms with E-state index in [2.05, 4.69) is 27.2 Å². The molecule has 1 aromatic heterocycles. The van der Waals surface area contributed by atoms with Gasteiger partial charge in [-0.05, 0) is 25.7 Å². The summed E-state index contributed by atoms with van der Waals surface area (Å²) in [5.41, 5.74) is 7.43. The molecule has 292 valence electrons. The molecule has 0 aliphatic heterocycles. The van der Waals surface area contributed by atoms with Crippen LogP contribution in [0, 0.1) is 5.92 Å². The highest BCUT2D eigenvalue weighted by molar-refractivity contribution is 5.87. The van der Waals surface area contributed by atoms with Crippen LogP contribution in [0.15, 0.2) is 24.8 Å². The number of imidazole rings is 1. The predicted molar refractivity (Wildman–Crippen MR) is 198 cm³/mol. The first kappa shape index (κ1) is 45.7. The van der Waals surface area contributed by atoms with E-state index in [4.69, 9.17) is 20.3 Å². The van der Waals surface area contributed by atoms with E-state index < -0.39 is 23.9 Å². The van der Waals surface area contributed by atoms with Gasteiger partial charge in [-0.15, -0.1) is 0 Å². The van der Waals surface area contributed by atoms with Crippen LogP contribution in [0.2, 0.25) is 0 Å². The van der Waals surface area contributed by atoms with Gasteiger partial charge in [0.15, 0.2) is 5.78 Å². The summed E-state index contributed by atoms with van der Waals surface area (Å²) < 4.78 is 11.1. The number of carboxylic acid groups (broad SMARTS) is 2. The topological polar surface area (TPSA) is 206 Å². The van der Waals surface area contributed by atoms with E-state index in [0.717, 1.165) is 49.9 Å². The van der Waals surface area contributed by atoms with Gasteiger partial charge in [0.05, 0.1) is 44.7 Å².